The van der Waals surface area contributed by atoms with Crippen molar-refractivity contribution in [3.05, 3.63) is 26.6 Å². The van der Waals surface area contributed by atoms with Crippen molar-refractivity contribution in [3.8, 4) is 0 Å². The summed E-state index contributed by atoms with van der Waals surface area (Å²) in [6, 6.07) is 1.80. The minimum absolute atomic E-state index is 0.0645. The van der Waals surface area contributed by atoms with E-state index in [2.05, 4.69) is 4.98 Å². The Morgan fingerprint density at radius 2 is 2.28 bits per heavy atom. The zero-order valence-corrected chi connectivity index (χ0v) is 11.6. The van der Waals surface area contributed by atoms with Gasteiger partial charge in [-0.1, -0.05) is 0 Å². The van der Waals surface area contributed by atoms with Crippen LogP contribution in [0.2, 0.25) is 0 Å². The van der Waals surface area contributed by atoms with Crippen LogP contribution in [0.3, 0.4) is 0 Å². The van der Waals surface area contributed by atoms with Crippen molar-refractivity contribution < 1.29 is 9.47 Å². The zero-order valence-electron chi connectivity index (χ0n) is 9.97. The highest BCUT2D eigenvalue weighted by atomic mass is 32.1. The minimum Gasteiger partial charge on any atom is -0.382 e. The van der Waals surface area contributed by atoms with Gasteiger partial charge in [0, 0.05) is 7.11 Å². The van der Waals surface area contributed by atoms with Crippen molar-refractivity contribution in [1.82, 2.24) is 9.55 Å². The summed E-state index contributed by atoms with van der Waals surface area (Å²) in [7, 11) is 1.62. The van der Waals surface area contributed by atoms with Crippen molar-refractivity contribution in [2.75, 3.05) is 26.9 Å². The number of aromatic amines is 1. The number of thiophene rings is 1. The fraction of sp³-hybridized carbons (Fsp3) is 0.455. The van der Waals surface area contributed by atoms with Gasteiger partial charge in [0.2, 0.25) is 0 Å². The van der Waals surface area contributed by atoms with Crippen LogP contribution < -0.4 is 5.56 Å². The third-order valence-corrected chi connectivity index (χ3v) is 3.65. The summed E-state index contributed by atoms with van der Waals surface area (Å²) in [5.41, 5.74) is -0.0645. The molecule has 0 saturated carbocycles. The Kier molecular flexibility index (Phi) is 4.65. The van der Waals surface area contributed by atoms with Crippen molar-refractivity contribution >= 4 is 33.8 Å². The molecule has 18 heavy (non-hydrogen) atoms. The fourth-order valence-corrected chi connectivity index (χ4v) is 2.70. The van der Waals surface area contributed by atoms with Gasteiger partial charge in [0.05, 0.1) is 31.8 Å². The minimum atomic E-state index is -0.0645. The Labute approximate surface area is 113 Å². The highest BCUT2D eigenvalue weighted by Crippen LogP contribution is 2.13. The number of H-pyrrole nitrogens is 1. The first-order valence-corrected chi connectivity index (χ1v) is 6.80. The van der Waals surface area contributed by atoms with E-state index >= 15 is 0 Å². The third kappa shape index (κ3) is 2.86. The number of rotatable bonds is 6. The van der Waals surface area contributed by atoms with Crippen LogP contribution in [-0.2, 0) is 16.0 Å². The predicted octanol–water partition coefficient (Wildman–Crippen LogP) is 1.78. The Morgan fingerprint density at radius 1 is 1.44 bits per heavy atom. The van der Waals surface area contributed by atoms with E-state index in [0.717, 1.165) is 4.83 Å². The molecule has 0 amide bonds. The Balaban J connectivity index is 2.13. The molecule has 0 saturated heterocycles. The second-order valence-corrected chi connectivity index (χ2v) is 4.96. The van der Waals surface area contributed by atoms with Crippen LogP contribution in [0.1, 0.15) is 0 Å². The molecule has 2 heterocycles. The summed E-state index contributed by atoms with van der Waals surface area (Å²) in [5, 5.41) is 2.54. The summed E-state index contributed by atoms with van der Waals surface area (Å²) in [4.78, 5) is 16.0. The second kappa shape index (κ2) is 6.24. The molecule has 2 rings (SSSR count). The first-order valence-electron chi connectivity index (χ1n) is 5.51. The van der Waals surface area contributed by atoms with E-state index in [1.807, 2.05) is 5.38 Å². The summed E-state index contributed by atoms with van der Waals surface area (Å²) < 4.78 is 12.2. The number of fused-ring (bicyclic) bond motifs is 1. The van der Waals surface area contributed by atoms with Crippen LogP contribution in [0.25, 0.3) is 10.2 Å². The molecule has 0 radical (unpaired) electrons. The van der Waals surface area contributed by atoms with E-state index in [0.29, 0.717) is 36.5 Å². The van der Waals surface area contributed by atoms with Crippen molar-refractivity contribution in [1.29, 1.82) is 0 Å². The molecule has 5 nitrogen and oxygen atoms in total. The van der Waals surface area contributed by atoms with Gasteiger partial charge in [-0.3, -0.25) is 9.36 Å². The van der Waals surface area contributed by atoms with Crippen molar-refractivity contribution in [2.24, 2.45) is 0 Å². The van der Waals surface area contributed by atoms with Gasteiger partial charge in [0.15, 0.2) is 4.77 Å². The first-order chi connectivity index (χ1) is 8.74. The molecule has 0 aliphatic rings. The van der Waals surface area contributed by atoms with Crippen LogP contribution in [0.15, 0.2) is 16.2 Å². The molecule has 98 valence electrons. The Morgan fingerprint density at radius 3 is 3.06 bits per heavy atom. The molecule has 0 bridgehead atoms. The maximum Gasteiger partial charge on any atom is 0.263 e. The van der Waals surface area contributed by atoms with Crippen LogP contribution in [0.4, 0.5) is 0 Å². The van der Waals surface area contributed by atoms with Crippen molar-refractivity contribution in [3.63, 3.8) is 0 Å². The predicted molar refractivity (Wildman–Crippen MR) is 74.0 cm³/mol. The van der Waals surface area contributed by atoms with E-state index in [4.69, 9.17) is 21.7 Å². The number of nitrogens with zero attached hydrogens (tertiary/aromatic N) is 1. The molecule has 0 unspecified atom stereocenters. The normalized spacial score (nSPS) is 11.2. The van der Waals surface area contributed by atoms with Gasteiger partial charge in [-0.05, 0) is 23.7 Å². The molecule has 2 aromatic rings. The van der Waals surface area contributed by atoms with E-state index < -0.39 is 0 Å². The van der Waals surface area contributed by atoms with Crippen LogP contribution >= 0.6 is 23.6 Å². The monoisotopic (exact) mass is 286 g/mol. The van der Waals surface area contributed by atoms with Crippen LogP contribution in [-0.4, -0.2) is 36.5 Å². The fourth-order valence-electron chi connectivity index (χ4n) is 1.58. The number of methoxy groups -OCH3 is 1. The molecule has 0 aliphatic heterocycles. The highest BCUT2D eigenvalue weighted by molar-refractivity contribution is 7.71. The average molecular weight is 286 g/mol. The zero-order chi connectivity index (χ0) is 13.0. The second-order valence-electron chi connectivity index (χ2n) is 3.66. The SMILES string of the molecule is COCCOCCn1c(=S)[nH]c2sccc2c1=O. The maximum atomic E-state index is 12.1. The van der Waals surface area contributed by atoms with Crippen LogP contribution in [0.5, 0.6) is 0 Å². The van der Waals surface area contributed by atoms with Crippen molar-refractivity contribution in [2.45, 2.75) is 6.54 Å². The number of nitrogens with one attached hydrogen (secondary N) is 1. The Hall–Kier alpha value is -1.02. The molecular formula is C11H14N2O3S2. The van der Waals surface area contributed by atoms with Gasteiger partial charge in [0.25, 0.3) is 5.56 Å². The molecule has 0 aromatic carbocycles. The number of aromatic nitrogens is 2. The van der Waals surface area contributed by atoms with Crippen LogP contribution in [0, 0.1) is 4.77 Å². The number of hydrogen-bond acceptors (Lipinski definition) is 5. The third-order valence-electron chi connectivity index (χ3n) is 2.50. The highest BCUT2D eigenvalue weighted by Gasteiger charge is 2.06. The molecule has 0 aliphatic carbocycles. The topological polar surface area (TPSA) is 56.2 Å². The van der Waals surface area contributed by atoms with Gasteiger partial charge in [-0.25, -0.2) is 0 Å². The molecule has 2 aromatic heterocycles. The van der Waals surface area contributed by atoms with E-state index in [1.54, 1.807) is 13.2 Å². The van der Waals surface area contributed by atoms with E-state index in [-0.39, 0.29) is 5.56 Å². The molecule has 1 N–H and O–H groups in total. The van der Waals surface area contributed by atoms with E-state index in [1.165, 1.54) is 15.9 Å². The molecule has 0 atom stereocenters. The lowest BCUT2D eigenvalue weighted by molar-refractivity contribution is 0.0661. The lowest BCUT2D eigenvalue weighted by Gasteiger charge is -2.07. The lowest BCUT2D eigenvalue weighted by atomic mass is 10.4. The van der Waals surface area contributed by atoms with E-state index in [9.17, 15) is 4.79 Å². The largest absolute Gasteiger partial charge is 0.382 e. The average Bonchev–Trinajstić information content (AvgIpc) is 2.80. The number of hydrogen-bond donors (Lipinski definition) is 1. The number of ether oxygens (including phenoxy) is 2. The quantitative estimate of drug-likeness (QED) is 0.649. The molecule has 7 heteroatoms. The molecule has 0 spiro atoms. The standard InChI is InChI=1S/C11H14N2O3S2/c1-15-5-6-16-4-3-13-10(14)8-2-7-18-9(8)12-11(13)17/h2,7H,3-6H2,1H3,(H,12,17). The summed E-state index contributed by atoms with van der Waals surface area (Å²) in [5.74, 6) is 0. The summed E-state index contributed by atoms with van der Waals surface area (Å²) in [6.45, 7) is 1.95. The maximum absolute atomic E-state index is 12.1. The molecule has 0 fully saturated rings. The summed E-state index contributed by atoms with van der Waals surface area (Å²) >= 11 is 6.64. The van der Waals surface area contributed by atoms with Gasteiger partial charge in [-0.2, -0.15) is 0 Å². The molecular weight excluding hydrogens is 272 g/mol. The lowest BCUT2D eigenvalue weighted by Crippen LogP contribution is -2.24. The Bertz CT molecular complexity index is 629. The van der Waals surface area contributed by atoms with Gasteiger partial charge < -0.3 is 14.5 Å². The van der Waals surface area contributed by atoms with Gasteiger partial charge in [-0.15, -0.1) is 11.3 Å². The van der Waals surface area contributed by atoms with Gasteiger partial charge in [0.1, 0.15) is 4.83 Å². The summed E-state index contributed by atoms with van der Waals surface area (Å²) in [6.07, 6.45) is 0. The first kappa shape index (κ1) is 13.4. The van der Waals surface area contributed by atoms with Gasteiger partial charge >= 0.3 is 0 Å². The smallest absolute Gasteiger partial charge is 0.263 e.